The smallest absolute Gasteiger partial charge is 0.331 e. The minimum atomic E-state index is -0.665. The van der Waals surface area contributed by atoms with Crippen LogP contribution in [-0.2, 0) is 14.3 Å². The zero-order chi connectivity index (χ0) is 20.6. The van der Waals surface area contributed by atoms with Crippen LogP contribution < -0.4 is 15.4 Å². The molecule has 1 aliphatic carbocycles. The molecule has 0 spiro atoms. The molecule has 7 heteroatoms. The second-order valence-electron chi connectivity index (χ2n) is 6.92. The molecule has 0 unspecified atom stereocenters. The van der Waals surface area contributed by atoms with E-state index in [0.29, 0.717) is 0 Å². The van der Waals surface area contributed by atoms with Crippen LogP contribution in [0.4, 0.5) is 4.79 Å². The number of methoxy groups -OCH3 is 1. The lowest BCUT2D eigenvalue weighted by Crippen LogP contribution is -2.44. The molecular formula is C22H24N2O5. The normalized spacial score (nSPS) is 14.1. The molecule has 1 fully saturated rings. The Morgan fingerprint density at radius 3 is 2.55 bits per heavy atom. The Morgan fingerprint density at radius 1 is 1.07 bits per heavy atom. The molecule has 0 radical (unpaired) electrons. The maximum Gasteiger partial charge on any atom is 0.331 e. The summed E-state index contributed by atoms with van der Waals surface area (Å²) in [5, 5.41) is 6.93. The van der Waals surface area contributed by atoms with E-state index in [2.05, 4.69) is 10.6 Å². The topological polar surface area (TPSA) is 93.7 Å². The van der Waals surface area contributed by atoms with Gasteiger partial charge in [-0.05, 0) is 53.5 Å². The molecule has 3 rings (SSSR count). The molecule has 0 saturated heterocycles. The summed E-state index contributed by atoms with van der Waals surface area (Å²) >= 11 is 0. The van der Waals surface area contributed by atoms with E-state index < -0.39 is 24.5 Å². The quantitative estimate of drug-likeness (QED) is 0.578. The van der Waals surface area contributed by atoms with Crippen LogP contribution >= 0.6 is 0 Å². The number of carbonyl (C=O) groups excluding carboxylic acids is 3. The fraction of sp³-hybridized carbons (Fsp3) is 0.318. The summed E-state index contributed by atoms with van der Waals surface area (Å²) in [6, 6.07) is 11.0. The van der Waals surface area contributed by atoms with Crippen LogP contribution in [0.1, 0.15) is 31.2 Å². The largest absolute Gasteiger partial charge is 0.497 e. The van der Waals surface area contributed by atoms with Crippen molar-refractivity contribution in [3.05, 3.63) is 48.0 Å². The minimum Gasteiger partial charge on any atom is -0.497 e. The zero-order valence-corrected chi connectivity index (χ0v) is 16.3. The molecule has 0 aliphatic heterocycles. The predicted octanol–water partition coefficient (Wildman–Crippen LogP) is 3.17. The van der Waals surface area contributed by atoms with E-state index in [9.17, 15) is 14.4 Å². The molecule has 0 atom stereocenters. The Hall–Kier alpha value is -3.35. The minimum absolute atomic E-state index is 0.108. The number of fused-ring (bicyclic) bond motifs is 1. The second-order valence-corrected chi connectivity index (χ2v) is 6.92. The van der Waals surface area contributed by atoms with E-state index in [4.69, 9.17) is 9.47 Å². The number of amides is 3. The van der Waals surface area contributed by atoms with Crippen molar-refractivity contribution in [2.45, 2.75) is 31.7 Å². The van der Waals surface area contributed by atoms with Crippen LogP contribution in [0.15, 0.2) is 42.5 Å². The highest BCUT2D eigenvalue weighted by molar-refractivity contribution is 5.96. The van der Waals surface area contributed by atoms with Gasteiger partial charge in [0.1, 0.15) is 5.75 Å². The van der Waals surface area contributed by atoms with Crippen molar-refractivity contribution in [3.8, 4) is 5.75 Å². The van der Waals surface area contributed by atoms with E-state index in [1.165, 1.54) is 6.08 Å². The molecule has 2 aromatic rings. The molecule has 1 saturated carbocycles. The molecule has 7 nitrogen and oxygen atoms in total. The van der Waals surface area contributed by atoms with Crippen LogP contribution in [0.5, 0.6) is 5.75 Å². The van der Waals surface area contributed by atoms with Crippen molar-refractivity contribution in [1.29, 1.82) is 0 Å². The zero-order valence-electron chi connectivity index (χ0n) is 16.3. The summed E-state index contributed by atoms with van der Waals surface area (Å²) in [7, 11) is 1.62. The Balaban J connectivity index is 1.45. The third-order valence-corrected chi connectivity index (χ3v) is 4.77. The number of urea groups is 1. The Bertz CT molecular complexity index is 932. The average Bonchev–Trinajstić information content (AvgIpc) is 3.22. The van der Waals surface area contributed by atoms with Crippen LogP contribution in [0, 0.1) is 0 Å². The maximum atomic E-state index is 11.8. The highest BCUT2D eigenvalue weighted by Crippen LogP contribution is 2.22. The van der Waals surface area contributed by atoms with E-state index in [1.54, 1.807) is 13.2 Å². The van der Waals surface area contributed by atoms with Crippen LogP contribution in [0.2, 0.25) is 0 Å². The summed E-state index contributed by atoms with van der Waals surface area (Å²) in [5.74, 6) is -0.548. The van der Waals surface area contributed by atoms with Crippen molar-refractivity contribution in [2.24, 2.45) is 0 Å². The van der Waals surface area contributed by atoms with Gasteiger partial charge in [0, 0.05) is 12.1 Å². The molecule has 3 amide bonds. The average molecular weight is 396 g/mol. The fourth-order valence-electron chi connectivity index (χ4n) is 3.28. The standard InChI is InChI=1S/C22H24N2O5/c1-28-19-10-9-16-12-15(6-8-17(16)13-19)7-11-21(26)29-14-20(25)24-22(27)23-18-4-2-3-5-18/h6-13,18H,2-5,14H2,1H3,(H2,23,24,25,27)/b11-7+. The molecule has 0 aromatic heterocycles. The van der Waals surface area contributed by atoms with Crippen LogP contribution in [-0.4, -0.2) is 37.7 Å². The van der Waals surface area contributed by atoms with Gasteiger partial charge in [0.05, 0.1) is 7.11 Å². The molecule has 0 heterocycles. The van der Waals surface area contributed by atoms with Gasteiger partial charge in [-0.25, -0.2) is 9.59 Å². The number of carbonyl (C=O) groups is 3. The molecule has 152 valence electrons. The third kappa shape index (κ3) is 6.07. The fourth-order valence-corrected chi connectivity index (χ4v) is 3.28. The number of esters is 1. The highest BCUT2D eigenvalue weighted by atomic mass is 16.5. The number of hydrogen-bond donors (Lipinski definition) is 2. The first kappa shape index (κ1) is 20.4. The highest BCUT2D eigenvalue weighted by Gasteiger charge is 2.18. The van der Waals surface area contributed by atoms with Gasteiger partial charge in [0.15, 0.2) is 6.61 Å². The summed E-state index contributed by atoms with van der Waals surface area (Å²) in [5.41, 5.74) is 0.819. The summed E-state index contributed by atoms with van der Waals surface area (Å²) in [6.07, 6.45) is 6.85. The number of nitrogens with one attached hydrogen (secondary N) is 2. The van der Waals surface area contributed by atoms with E-state index >= 15 is 0 Å². The lowest BCUT2D eigenvalue weighted by atomic mass is 10.1. The first-order chi connectivity index (χ1) is 14.0. The number of ether oxygens (including phenoxy) is 2. The lowest BCUT2D eigenvalue weighted by molar-refractivity contribution is -0.143. The second kappa shape index (κ2) is 9.73. The summed E-state index contributed by atoms with van der Waals surface area (Å²) < 4.78 is 10.1. The first-order valence-electron chi connectivity index (χ1n) is 9.56. The third-order valence-electron chi connectivity index (χ3n) is 4.77. The van der Waals surface area contributed by atoms with Gasteiger partial charge in [-0.1, -0.05) is 31.0 Å². The van der Waals surface area contributed by atoms with Crippen molar-refractivity contribution in [1.82, 2.24) is 10.6 Å². The Kier molecular flexibility index (Phi) is 6.84. The van der Waals surface area contributed by atoms with Crippen molar-refractivity contribution in [3.63, 3.8) is 0 Å². The number of imide groups is 1. The predicted molar refractivity (Wildman–Crippen MR) is 109 cm³/mol. The number of hydrogen-bond acceptors (Lipinski definition) is 5. The van der Waals surface area contributed by atoms with Crippen molar-refractivity contribution >= 4 is 34.8 Å². The number of benzene rings is 2. The van der Waals surface area contributed by atoms with Gasteiger partial charge in [-0.15, -0.1) is 0 Å². The van der Waals surface area contributed by atoms with Gasteiger partial charge >= 0.3 is 12.0 Å². The molecule has 29 heavy (non-hydrogen) atoms. The lowest BCUT2D eigenvalue weighted by Gasteiger charge is -2.12. The Labute approximate surface area is 169 Å². The first-order valence-corrected chi connectivity index (χ1v) is 9.56. The SMILES string of the molecule is COc1ccc2cc(/C=C/C(=O)OCC(=O)NC(=O)NC3CCCC3)ccc2c1. The maximum absolute atomic E-state index is 11.8. The summed E-state index contributed by atoms with van der Waals surface area (Å²) in [4.78, 5) is 35.3. The van der Waals surface area contributed by atoms with Crippen molar-refractivity contribution < 1.29 is 23.9 Å². The van der Waals surface area contributed by atoms with Crippen LogP contribution in [0.25, 0.3) is 16.8 Å². The van der Waals surface area contributed by atoms with Crippen LogP contribution in [0.3, 0.4) is 0 Å². The Morgan fingerprint density at radius 2 is 1.79 bits per heavy atom. The van der Waals surface area contributed by atoms with Crippen molar-refractivity contribution in [2.75, 3.05) is 13.7 Å². The van der Waals surface area contributed by atoms with E-state index in [1.807, 2.05) is 36.4 Å². The van der Waals surface area contributed by atoms with Gasteiger partial charge in [0.25, 0.3) is 5.91 Å². The monoisotopic (exact) mass is 396 g/mol. The van der Waals surface area contributed by atoms with Gasteiger partial charge in [-0.2, -0.15) is 0 Å². The number of rotatable bonds is 6. The molecule has 0 bridgehead atoms. The molecule has 2 N–H and O–H groups in total. The molecule has 1 aliphatic rings. The van der Waals surface area contributed by atoms with E-state index in [0.717, 1.165) is 47.8 Å². The van der Waals surface area contributed by atoms with E-state index in [-0.39, 0.29) is 6.04 Å². The summed E-state index contributed by atoms with van der Waals surface area (Å²) in [6.45, 7) is -0.515. The molecular weight excluding hydrogens is 372 g/mol. The van der Waals surface area contributed by atoms with Gasteiger partial charge in [-0.3, -0.25) is 10.1 Å². The van der Waals surface area contributed by atoms with Gasteiger partial charge < -0.3 is 14.8 Å². The molecule has 2 aromatic carbocycles. The van der Waals surface area contributed by atoms with Gasteiger partial charge in [0.2, 0.25) is 0 Å².